The Morgan fingerprint density at radius 2 is 2.10 bits per heavy atom. The van der Waals surface area contributed by atoms with Gasteiger partial charge in [0, 0.05) is 24.2 Å². The molecule has 1 aromatic rings. The van der Waals surface area contributed by atoms with Crippen LogP contribution in [0.3, 0.4) is 0 Å². The molecule has 114 valence electrons. The predicted molar refractivity (Wildman–Crippen MR) is 83.1 cm³/mol. The SMILES string of the molecule is CNC(=O)c1ccc(C)c(NC(=O)[C@@H]2CCC[C@@H]2CN)c1. The molecule has 1 aliphatic carbocycles. The number of anilines is 1. The number of amides is 2. The first-order valence-corrected chi connectivity index (χ1v) is 7.40. The second kappa shape index (κ2) is 6.72. The molecule has 0 unspecified atom stereocenters. The van der Waals surface area contributed by atoms with E-state index in [0.717, 1.165) is 24.8 Å². The van der Waals surface area contributed by atoms with Crippen LogP contribution in [0.25, 0.3) is 0 Å². The van der Waals surface area contributed by atoms with Crippen LogP contribution in [0.4, 0.5) is 5.69 Å². The summed E-state index contributed by atoms with van der Waals surface area (Å²) < 4.78 is 0. The maximum Gasteiger partial charge on any atom is 0.251 e. The molecule has 1 aromatic carbocycles. The molecule has 1 fully saturated rings. The van der Waals surface area contributed by atoms with E-state index in [1.165, 1.54) is 0 Å². The Kier molecular flexibility index (Phi) is 4.96. The number of carbonyl (C=O) groups is 2. The van der Waals surface area contributed by atoms with E-state index in [0.29, 0.717) is 17.8 Å². The first kappa shape index (κ1) is 15.5. The quantitative estimate of drug-likeness (QED) is 0.788. The molecule has 0 bridgehead atoms. The molecule has 2 amide bonds. The molecule has 0 radical (unpaired) electrons. The Bertz CT molecular complexity index is 542. The van der Waals surface area contributed by atoms with Gasteiger partial charge in [-0.2, -0.15) is 0 Å². The van der Waals surface area contributed by atoms with Crippen LogP contribution in [0.5, 0.6) is 0 Å². The van der Waals surface area contributed by atoms with E-state index in [1.54, 1.807) is 19.2 Å². The fraction of sp³-hybridized carbons (Fsp3) is 0.500. The highest BCUT2D eigenvalue weighted by Gasteiger charge is 2.32. The van der Waals surface area contributed by atoms with Gasteiger partial charge in [0.25, 0.3) is 5.91 Å². The van der Waals surface area contributed by atoms with Crippen molar-refractivity contribution in [3.8, 4) is 0 Å². The summed E-state index contributed by atoms with van der Waals surface area (Å²) in [6.07, 6.45) is 2.96. The number of nitrogens with one attached hydrogen (secondary N) is 2. The first-order chi connectivity index (χ1) is 10.1. The monoisotopic (exact) mass is 289 g/mol. The van der Waals surface area contributed by atoms with Crippen molar-refractivity contribution in [2.75, 3.05) is 18.9 Å². The van der Waals surface area contributed by atoms with Crippen LogP contribution in [0.2, 0.25) is 0 Å². The number of hydrogen-bond donors (Lipinski definition) is 3. The lowest BCUT2D eigenvalue weighted by atomic mass is 9.95. The van der Waals surface area contributed by atoms with Gasteiger partial charge < -0.3 is 16.4 Å². The van der Waals surface area contributed by atoms with Gasteiger partial charge in [0.2, 0.25) is 5.91 Å². The maximum absolute atomic E-state index is 12.4. The van der Waals surface area contributed by atoms with Crippen LogP contribution in [-0.2, 0) is 4.79 Å². The van der Waals surface area contributed by atoms with Crippen LogP contribution in [0.15, 0.2) is 18.2 Å². The third kappa shape index (κ3) is 3.42. The van der Waals surface area contributed by atoms with Gasteiger partial charge in [-0.1, -0.05) is 12.5 Å². The summed E-state index contributed by atoms with van der Waals surface area (Å²) in [5, 5.41) is 5.55. The van der Waals surface area contributed by atoms with Gasteiger partial charge in [-0.05, 0) is 49.9 Å². The molecule has 0 saturated heterocycles. The Labute approximate surface area is 125 Å². The number of nitrogens with two attached hydrogens (primary N) is 1. The van der Waals surface area contributed by atoms with Crippen molar-refractivity contribution in [1.82, 2.24) is 5.32 Å². The summed E-state index contributed by atoms with van der Waals surface area (Å²) in [7, 11) is 1.59. The van der Waals surface area contributed by atoms with Crippen LogP contribution in [0, 0.1) is 18.8 Å². The molecule has 5 heteroatoms. The summed E-state index contributed by atoms with van der Waals surface area (Å²) in [6, 6.07) is 5.32. The molecule has 0 aliphatic heterocycles. The number of hydrogen-bond acceptors (Lipinski definition) is 3. The molecule has 2 rings (SSSR count). The molecule has 4 N–H and O–H groups in total. The lowest BCUT2D eigenvalue weighted by Gasteiger charge is -2.18. The zero-order valence-electron chi connectivity index (χ0n) is 12.6. The largest absolute Gasteiger partial charge is 0.355 e. The van der Waals surface area contributed by atoms with E-state index in [2.05, 4.69) is 10.6 Å². The van der Waals surface area contributed by atoms with E-state index >= 15 is 0 Å². The number of rotatable bonds is 4. The molecule has 21 heavy (non-hydrogen) atoms. The van der Waals surface area contributed by atoms with Crippen molar-refractivity contribution in [1.29, 1.82) is 0 Å². The first-order valence-electron chi connectivity index (χ1n) is 7.40. The second-order valence-corrected chi connectivity index (χ2v) is 5.63. The molecular weight excluding hydrogens is 266 g/mol. The molecule has 1 aliphatic rings. The average Bonchev–Trinajstić information content (AvgIpc) is 2.97. The molecule has 2 atom stereocenters. The fourth-order valence-corrected chi connectivity index (χ4v) is 2.93. The van der Waals surface area contributed by atoms with Gasteiger partial charge in [0.1, 0.15) is 0 Å². The topological polar surface area (TPSA) is 84.2 Å². The zero-order valence-corrected chi connectivity index (χ0v) is 12.6. The fourth-order valence-electron chi connectivity index (χ4n) is 2.93. The van der Waals surface area contributed by atoms with Crippen LogP contribution >= 0.6 is 0 Å². The summed E-state index contributed by atoms with van der Waals surface area (Å²) in [4.78, 5) is 24.1. The predicted octanol–water partition coefficient (Wildman–Crippen LogP) is 1.67. The van der Waals surface area contributed by atoms with Crippen molar-refractivity contribution >= 4 is 17.5 Å². The van der Waals surface area contributed by atoms with Crippen LogP contribution in [-0.4, -0.2) is 25.4 Å². The highest BCUT2D eigenvalue weighted by Crippen LogP contribution is 2.32. The van der Waals surface area contributed by atoms with Gasteiger partial charge >= 0.3 is 0 Å². The molecular formula is C16H23N3O2. The summed E-state index contributed by atoms with van der Waals surface area (Å²) >= 11 is 0. The minimum absolute atomic E-state index is 0.0140. The van der Waals surface area contributed by atoms with Gasteiger partial charge in [-0.15, -0.1) is 0 Å². The van der Waals surface area contributed by atoms with E-state index in [4.69, 9.17) is 5.73 Å². The molecule has 1 saturated carbocycles. The third-order valence-corrected chi connectivity index (χ3v) is 4.28. The average molecular weight is 289 g/mol. The summed E-state index contributed by atoms with van der Waals surface area (Å²) in [5.74, 6) is 0.108. The Morgan fingerprint density at radius 3 is 2.76 bits per heavy atom. The third-order valence-electron chi connectivity index (χ3n) is 4.28. The van der Waals surface area contributed by atoms with Crippen LogP contribution in [0.1, 0.15) is 35.2 Å². The minimum atomic E-state index is -0.161. The molecule has 0 spiro atoms. The lowest BCUT2D eigenvalue weighted by molar-refractivity contribution is -0.120. The Balaban J connectivity index is 2.15. The second-order valence-electron chi connectivity index (χ2n) is 5.63. The number of aryl methyl sites for hydroxylation is 1. The number of benzene rings is 1. The van der Waals surface area contributed by atoms with E-state index in [-0.39, 0.29) is 23.7 Å². The van der Waals surface area contributed by atoms with E-state index in [1.807, 2.05) is 13.0 Å². The number of carbonyl (C=O) groups excluding carboxylic acids is 2. The van der Waals surface area contributed by atoms with Crippen molar-refractivity contribution in [3.05, 3.63) is 29.3 Å². The van der Waals surface area contributed by atoms with Crippen molar-refractivity contribution in [3.63, 3.8) is 0 Å². The van der Waals surface area contributed by atoms with Crippen molar-refractivity contribution in [2.24, 2.45) is 17.6 Å². The Hall–Kier alpha value is -1.88. The Morgan fingerprint density at radius 1 is 1.33 bits per heavy atom. The van der Waals surface area contributed by atoms with Gasteiger partial charge in [-0.3, -0.25) is 9.59 Å². The smallest absolute Gasteiger partial charge is 0.251 e. The molecule has 0 aromatic heterocycles. The van der Waals surface area contributed by atoms with Crippen molar-refractivity contribution in [2.45, 2.75) is 26.2 Å². The summed E-state index contributed by atoms with van der Waals surface area (Å²) in [5.41, 5.74) is 7.92. The molecule has 0 heterocycles. The van der Waals surface area contributed by atoms with E-state index in [9.17, 15) is 9.59 Å². The van der Waals surface area contributed by atoms with E-state index < -0.39 is 0 Å². The van der Waals surface area contributed by atoms with Gasteiger partial charge in [-0.25, -0.2) is 0 Å². The molecule has 5 nitrogen and oxygen atoms in total. The zero-order chi connectivity index (χ0) is 15.4. The highest BCUT2D eigenvalue weighted by atomic mass is 16.2. The maximum atomic E-state index is 12.4. The van der Waals surface area contributed by atoms with Gasteiger partial charge in [0.05, 0.1) is 0 Å². The minimum Gasteiger partial charge on any atom is -0.355 e. The van der Waals surface area contributed by atoms with Crippen LogP contribution < -0.4 is 16.4 Å². The lowest BCUT2D eigenvalue weighted by Crippen LogP contribution is -2.30. The normalized spacial score (nSPS) is 21.1. The van der Waals surface area contributed by atoms with Gasteiger partial charge in [0.15, 0.2) is 0 Å². The standard InChI is InChI=1S/C16H23N3O2/c1-10-6-7-11(15(20)18-2)8-14(10)19-16(21)13-5-3-4-12(13)9-17/h6-8,12-13H,3-5,9,17H2,1-2H3,(H,18,20)(H,19,21)/t12-,13-/m1/s1. The highest BCUT2D eigenvalue weighted by molar-refractivity contribution is 5.98. The summed E-state index contributed by atoms with van der Waals surface area (Å²) in [6.45, 7) is 2.47. The van der Waals surface area contributed by atoms with Crippen molar-refractivity contribution < 1.29 is 9.59 Å².